The zero-order valence-electron chi connectivity index (χ0n) is 7.03. The Labute approximate surface area is 75.2 Å². The van der Waals surface area contributed by atoms with E-state index in [1.807, 2.05) is 0 Å². The molecule has 0 aromatic rings. The molecule has 8 nitrogen and oxygen atoms in total. The van der Waals surface area contributed by atoms with Gasteiger partial charge in [0.05, 0.1) is 0 Å². The predicted octanol–water partition coefficient (Wildman–Crippen LogP) is -5.23. The van der Waals surface area contributed by atoms with Gasteiger partial charge in [0.2, 0.25) is 0 Å². The van der Waals surface area contributed by atoms with E-state index in [0.29, 0.717) is 12.2 Å². The van der Waals surface area contributed by atoms with Crippen LogP contribution < -0.4 is 10.6 Å². The molecule has 0 atom stereocenters. The van der Waals surface area contributed by atoms with Crippen molar-refractivity contribution in [1.29, 1.82) is 0 Å². The van der Waals surface area contributed by atoms with Crippen LogP contribution in [-0.4, -0.2) is 53.0 Å². The van der Waals surface area contributed by atoms with Crippen molar-refractivity contribution < 1.29 is 32.2 Å². The summed E-state index contributed by atoms with van der Waals surface area (Å²) in [5, 5.41) is 5.92. The fourth-order valence-electron chi connectivity index (χ4n) is 0.650. The molecule has 1 fully saturated rings. The maximum absolute atomic E-state index is 9.90. The van der Waals surface area contributed by atoms with Gasteiger partial charge in [-0.05, 0) is 0 Å². The van der Waals surface area contributed by atoms with Crippen LogP contribution >= 0.6 is 0 Å². The van der Waals surface area contributed by atoms with Crippen molar-refractivity contribution in [3.05, 3.63) is 5.70 Å². The molecule has 84 valence electrons. The highest BCUT2D eigenvalue weighted by Crippen LogP contribution is 1.81. The second-order valence-electron chi connectivity index (χ2n) is 1.68. The van der Waals surface area contributed by atoms with Gasteiger partial charge in [0.15, 0.2) is 0 Å². The van der Waals surface area contributed by atoms with Crippen LogP contribution in [0, 0.1) is 0 Å². The number of piperazine rings is 1. The molecule has 0 saturated carbocycles. The molecule has 12 N–H and O–H groups in total. The molecule has 0 spiro atoms. The Kier molecular flexibility index (Phi) is 39.2. The fraction of sp³-hybridized carbons (Fsp3) is 0.600. The second kappa shape index (κ2) is 17.2. The third-order valence-corrected chi connectivity index (χ3v) is 1.07. The van der Waals surface area contributed by atoms with Crippen LogP contribution in [0.2, 0.25) is 0 Å². The van der Waals surface area contributed by atoms with Crippen molar-refractivity contribution in [2.24, 2.45) is 0 Å². The minimum atomic E-state index is 0. The van der Waals surface area contributed by atoms with E-state index in [9.17, 15) is 4.79 Å². The Morgan fingerprint density at radius 3 is 1.77 bits per heavy atom. The zero-order chi connectivity index (χ0) is 5.82. The number of nitrogens with one attached hydrogen (secondary N) is 2. The quantitative estimate of drug-likeness (QED) is 0.370. The van der Waals surface area contributed by atoms with E-state index in [1.165, 1.54) is 0 Å². The number of rotatable bonds is 0. The van der Waals surface area contributed by atoms with Gasteiger partial charge in [0.25, 0.3) is 0 Å². The molecule has 0 aliphatic carbocycles. The highest BCUT2D eigenvalue weighted by Gasteiger charge is 2.00. The lowest BCUT2D eigenvalue weighted by Gasteiger charge is -2.13. The van der Waals surface area contributed by atoms with Gasteiger partial charge in [0.1, 0.15) is 11.6 Å². The first-order valence-electron chi connectivity index (χ1n) is 2.62. The number of hydrogen-bond acceptors (Lipinski definition) is 3. The maximum atomic E-state index is 9.90. The SMILES string of the molecule is O.O.O.O.O.O=C=C1CNCCN1. The molecule has 1 heterocycles. The lowest BCUT2D eigenvalue weighted by Crippen LogP contribution is -2.38. The summed E-state index contributed by atoms with van der Waals surface area (Å²) in [6.07, 6.45) is 0. The molecule has 1 aliphatic heterocycles. The lowest BCUT2D eigenvalue weighted by molar-refractivity contribution is 0.551. The van der Waals surface area contributed by atoms with E-state index in [1.54, 1.807) is 5.94 Å². The molecule has 13 heavy (non-hydrogen) atoms. The van der Waals surface area contributed by atoms with Crippen LogP contribution in [0.1, 0.15) is 0 Å². The maximum Gasteiger partial charge on any atom is 0.146 e. The van der Waals surface area contributed by atoms with Gasteiger partial charge in [-0.1, -0.05) is 0 Å². The number of carbonyl (C=O) groups excluding carboxylic acids is 1. The highest BCUT2D eigenvalue weighted by molar-refractivity contribution is 5.52. The first-order chi connectivity index (χ1) is 3.93. The minimum Gasteiger partial charge on any atom is -0.412 e. The van der Waals surface area contributed by atoms with Crippen LogP contribution in [0.4, 0.5) is 0 Å². The monoisotopic (exact) mass is 202 g/mol. The molecular formula is C5H18N2O6. The van der Waals surface area contributed by atoms with Gasteiger partial charge in [-0.3, -0.25) is 0 Å². The summed E-state index contributed by atoms with van der Waals surface area (Å²) in [6.45, 7) is 2.42. The van der Waals surface area contributed by atoms with Crippen molar-refractivity contribution in [3.8, 4) is 0 Å². The van der Waals surface area contributed by atoms with Gasteiger partial charge in [0, 0.05) is 19.6 Å². The molecule has 0 amide bonds. The topological polar surface area (TPSA) is 199 Å². The molecule has 0 radical (unpaired) electrons. The molecule has 0 aromatic carbocycles. The van der Waals surface area contributed by atoms with E-state index in [0.717, 1.165) is 13.1 Å². The summed E-state index contributed by atoms with van der Waals surface area (Å²) >= 11 is 0. The van der Waals surface area contributed by atoms with E-state index < -0.39 is 0 Å². The predicted molar refractivity (Wildman–Crippen MR) is 48.1 cm³/mol. The first-order valence-corrected chi connectivity index (χ1v) is 2.62. The van der Waals surface area contributed by atoms with E-state index in [4.69, 9.17) is 0 Å². The molecule has 0 aromatic heterocycles. The normalized spacial score (nSPS) is 11.8. The largest absolute Gasteiger partial charge is 0.412 e. The van der Waals surface area contributed by atoms with Crippen LogP contribution in [0.25, 0.3) is 0 Å². The molecule has 1 saturated heterocycles. The third kappa shape index (κ3) is 11.0. The molecule has 0 bridgehead atoms. The Morgan fingerprint density at radius 2 is 1.54 bits per heavy atom. The third-order valence-electron chi connectivity index (χ3n) is 1.07. The molecule has 0 unspecified atom stereocenters. The summed E-state index contributed by atoms with van der Waals surface area (Å²) in [7, 11) is 0. The van der Waals surface area contributed by atoms with Crippen molar-refractivity contribution >= 4 is 5.94 Å². The van der Waals surface area contributed by atoms with Gasteiger partial charge in [-0.15, -0.1) is 0 Å². The van der Waals surface area contributed by atoms with Gasteiger partial charge < -0.3 is 38.0 Å². The van der Waals surface area contributed by atoms with E-state index in [2.05, 4.69) is 10.6 Å². The van der Waals surface area contributed by atoms with Crippen molar-refractivity contribution in [2.75, 3.05) is 19.6 Å². The average molecular weight is 202 g/mol. The highest BCUT2D eigenvalue weighted by atomic mass is 16.1. The van der Waals surface area contributed by atoms with Crippen LogP contribution in [0.5, 0.6) is 0 Å². The average Bonchev–Trinajstić information content (AvgIpc) is 1.90. The zero-order valence-corrected chi connectivity index (χ0v) is 7.03. The Bertz CT molecular complexity index is 127. The smallest absolute Gasteiger partial charge is 0.146 e. The summed E-state index contributed by atoms with van der Waals surface area (Å²) in [6, 6.07) is 0. The first kappa shape index (κ1) is 29.6. The Morgan fingerprint density at radius 1 is 1.00 bits per heavy atom. The van der Waals surface area contributed by atoms with Crippen LogP contribution in [-0.2, 0) is 4.79 Å². The second-order valence-corrected chi connectivity index (χ2v) is 1.68. The Balaban J connectivity index is -0.0000000427. The van der Waals surface area contributed by atoms with Crippen LogP contribution in [0.15, 0.2) is 5.70 Å². The van der Waals surface area contributed by atoms with Crippen molar-refractivity contribution in [1.82, 2.24) is 10.6 Å². The van der Waals surface area contributed by atoms with Crippen molar-refractivity contribution in [2.45, 2.75) is 0 Å². The molecular weight excluding hydrogens is 184 g/mol. The van der Waals surface area contributed by atoms with Gasteiger partial charge >= 0.3 is 0 Å². The minimum absolute atomic E-state index is 0. The Hall–Kier alpha value is -0.990. The van der Waals surface area contributed by atoms with E-state index >= 15 is 0 Å². The van der Waals surface area contributed by atoms with Gasteiger partial charge in [-0.25, -0.2) is 4.79 Å². The fourth-order valence-corrected chi connectivity index (χ4v) is 0.650. The van der Waals surface area contributed by atoms with E-state index in [-0.39, 0.29) is 27.4 Å². The molecule has 8 heteroatoms. The molecule has 1 aliphatic rings. The van der Waals surface area contributed by atoms with Gasteiger partial charge in [-0.2, -0.15) is 0 Å². The lowest BCUT2D eigenvalue weighted by atomic mass is 10.4. The summed E-state index contributed by atoms with van der Waals surface area (Å²) in [5.74, 6) is 1.80. The van der Waals surface area contributed by atoms with Crippen molar-refractivity contribution in [3.63, 3.8) is 0 Å². The van der Waals surface area contributed by atoms with Crippen LogP contribution in [0.3, 0.4) is 0 Å². The summed E-state index contributed by atoms with van der Waals surface area (Å²) in [4.78, 5) is 9.90. The standard InChI is InChI=1S/C5H8N2O.5H2O/c8-4-5-3-6-1-2-7-5;;;;;/h6-7H,1-3H2;5*1H2. The molecule has 1 rings (SSSR count). The number of hydrogen-bond donors (Lipinski definition) is 2. The summed E-state index contributed by atoms with van der Waals surface area (Å²) < 4.78 is 0. The summed E-state index contributed by atoms with van der Waals surface area (Å²) in [5.41, 5.74) is 0.635.